The van der Waals surface area contributed by atoms with Gasteiger partial charge in [-0.25, -0.2) is 9.97 Å². The molecule has 0 bridgehead atoms. The molecule has 1 aliphatic rings. The highest BCUT2D eigenvalue weighted by atomic mass is 35.5. The normalized spacial score (nSPS) is 15.8. The molecule has 1 aliphatic heterocycles. The molecular weight excluding hydrogens is 413 g/mol. The fraction of sp³-hybridized carbons (Fsp3) is 0.300. The topological polar surface area (TPSA) is 84.0 Å². The third kappa shape index (κ3) is 3.09. The number of fused-ring (bicyclic) bond motifs is 3. The number of carbonyl (C=O) groups is 1. The number of hydrogen-bond acceptors (Lipinski definition) is 5. The summed E-state index contributed by atoms with van der Waals surface area (Å²) in [5, 5.41) is 11.1. The standard InChI is InChI=1S/C20H17Cl2N5O2/c1-11-16-13-3-4-14(21)17(22)18(13)27(8-6-23)15(16)5-7-26(11)20(28)19-24-9-12(29-2)10-25-19/h3-4,9-11H,5,7-8H2,1-2H3/t11-/m0/s1. The molecule has 0 saturated heterocycles. The van der Waals surface area contributed by atoms with Gasteiger partial charge in [0, 0.05) is 29.6 Å². The van der Waals surface area contributed by atoms with Crippen LogP contribution in [0.1, 0.15) is 34.8 Å². The summed E-state index contributed by atoms with van der Waals surface area (Å²) in [4.78, 5) is 23.0. The van der Waals surface area contributed by atoms with Crippen molar-refractivity contribution in [3.05, 3.63) is 51.7 Å². The maximum atomic E-state index is 13.1. The van der Waals surface area contributed by atoms with Crippen LogP contribution in [-0.4, -0.2) is 39.0 Å². The number of nitriles is 1. The minimum absolute atomic E-state index is 0.114. The number of carbonyl (C=O) groups excluding carboxylic acids is 1. The maximum absolute atomic E-state index is 13.1. The Bertz CT molecular complexity index is 1150. The second-order valence-electron chi connectivity index (χ2n) is 6.73. The van der Waals surface area contributed by atoms with Gasteiger partial charge in [-0.3, -0.25) is 4.79 Å². The molecule has 0 radical (unpaired) electrons. The smallest absolute Gasteiger partial charge is 0.292 e. The molecule has 0 N–H and O–H groups in total. The van der Waals surface area contributed by atoms with Crippen molar-refractivity contribution in [1.29, 1.82) is 5.26 Å². The Morgan fingerprint density at radius 1 is 1.34 bits per heavy atom. The number of ether oxygens (including phenoxy) is 1. The zero-order valence-corrected chi connectivity index (χ0v) is 17.3. The molecule has 1 amide bonds. The van der Waals surface area contributed by atoms with Crippen LogP contribution >= 0.6 is 23.2 Å². The quantitative estimate of drug-likeness (QED) is 0.627. The van der Waals surface area contributed by atoms with E-state index in [0.717, 1.165) is 22.2 Å². The minimum Gasteiger partial charge on any atom is -0.494 e. The van der Waals surface area contributed by atoms with Gasteiger partial charge in [0.1, 0.15) is 6.54 Å². The van der Waals surface area contributed by atoms with Crippen molar-refractivity contribution in [1.82, 2.24) is 19.4 Å². The van der Waals surface area contributed by atoms with Gasteiger partial charge in [0.2, 0.25) is 5.82 Å². The fourth-order valence-electron chi connectivity index (χ4n) is 3.95. The Morgan fingerprint density at radius 2 is 2.07 bits per heavy atom. The number of amides is 1. The van der Waals surface area contributed by atoms with Gasteiger partial charge < -0.3 is 14.2 Å². The van der Waals surface area contributed by atoms with Crippen LogP contribution in [0.15, 0.2) is 24.5 Å². The first kappa shape index (κ1) is 19.5. The molecule has 4 rings (SSSR count). The molecule has 3 heterocycles. The highest BCUT2D eigenvalue weighted by Crippen LogP contribution is 2.42. The van der Waals surface area contributed by atoms with Crippen molar-refractivity contribution >= 4 is 40.0 Å². The van der Waals surface area contributed by atoms with Gasteiger partial charge in [0.25, 0.3) is 5.91 Å². The van der Waals surface area contributed by atoms with E-state index in [1.165, 1.54) is 19.5 Å². The van der Waals surface area contributed by atoms with E-state index in [1.807, 2.05) is 17.6 Å². The van der Waals surface area contributed by atoms with E-state index in [9.17, 15) is 10.1 Å². The molecule has 29 heavy (non-hydrogen) atoms. The summed E-state index contributed by atoms with van der Waals surface area (Å²) < 4.78 is 6.96. The van der Waals surface area contributed by atoms with Crippen molar-refractivity contribution in [3.63, 3.8) is 0 Å². The average Bonchev–Trinajstić information content (AvgIpc) is 3.06. The Morgan fingerprint density at radius 3 is 2.72 bits per heavy atom. The van der Waals surface area contributed by atoms with Crippen LogP contribution in [0.2, 0.25) is 10.0 Å². The van der Waals surface area contributed by atoms with Gasteiger partial charge in [-0.1, -0.05) is 29.3 Å². The molecule has 9 heteroatoms. The number of hydrogen-bond donors (Lipinski definition) is 0. The van der Waals surface area contributed by atoms with E-state index in [2.05, 4.69) is 16.0 Å². The highest BCUT2D eigenvalue weighted by molar-refractivity contribution is 6.45. The van der Waals surface area contributed by atoms with Crippen molar-refractivity contribution in [2.24, 2.45) is 0 Å². The third-order valence-electron chi connectivity index (χ3n) is 5.29. The Hall–Kier alpha value is -2.82. The van der Waals surface area contributed by atoms with Crippen molar-refractivity contribution in [2.45, 2.75) is 25.9 Å². The summed E-state index contributed by atoms with van der Waals surface area (Å²) in [5.74, 6) is 0.344. The van der Waals surface area contributed by atoms with Crippen LogP contribution in [0, 0.1) is 11.3 Å². The van der Waals surface area contributed by atoms with Crippen LogP contribution in [0.5, 0.6) is 5.75 Å². The largest absolute Gasteiger partial charge is 0.494 e. The lowest BCUT2D eigenvalue weighted by molar-refractivity contribution is 0.0664. The molecule has 0 saturated carbocycles. The fourth-order valence-corrected chi connectivity index (χ4v) is 4.37. The van der Waals surface area contributed by atoms with Gasteiger partial charge in [0.15, 0.2) is 5.75 Å². The number of nitrogens with zero attached hydrogens (tertiary/aromatic N) is 5. The molecule has 0 unspecified atom stereocenters. The van der Waals surface area contributed by atoms with E-state index in [4.69, 9.17) is 27.9 Å². The van der Waals surface area contributed by atoms with Crippen molar-refractivity contribution < 1.29 is 9.53 Å². The van der Waals surface area contributed by atoms with Gasteiger partial charge in [-0.2, -0.15) is 5.26 Å². The van der Waals surface area contributed by atoms with Crippen LogP contribution < -0.4 is 4.74 Å². The molecule has 1 atom stereocenters. The molecule has 2 aromatic heterocycles. The maximum Gasteiger partial charge on any atom is 0.292 e. The first-order valence-corrected chi connectivity index (χ1v) is 9.76. The highest BCUT2D eigenvalue weighted by Gasteiger charge is 2.34. The summed E-state index contributed by atoms with van der Waals surface area (Å²) in [5.41, 5.74) is 2.70. The third-order valence-corrected chi connectivity index (χ3v) is 6.08. The van der Waals surface area contributed by atoms with E-state index < -0.39 is 0 Å². The lowest BCUT2D eigenvalue weighted by Gasteiger charge is -2.34. The molecule has 0 spiro atoms. The summed E-state index contributed by atoms with van der Waals surface area (Å²) in [6, 6.07) is 5.59. The number of rotatable bonds is 3. The molecule has 0 aliphatic carbocycles. The van der Waals surface area contributed by atoms with Crippen LogP contribution in [-0.2, 0) is 13.0 Å². The van der Waals surface area contributed by atoms with Crippen LogP contribution in [0.3, 0.4) is 0 Å². The molecule has 1 aromatic carbocycles. The van der Waals surface area contributed by atoms with Crippen LogP contribution in [0.4, 0.5) is 0 Å². The summed E-state index contributed by atoms with van der Waals surface area (Å²) >= 11 is 12.7. The van der Waals surface area contributed by atoms with Crippen LogP contribution in [0.25, 0.3) is 10.9 Å². The summed E-state index contributed by atoms with van der Waals surface area (Å²) in [6.07, 6.45) is 3.54. The minimum atomic E-state index is -0.257. The molecule has 148 valence electrons. The monoisotopic (exact) mass is 429 g/mol. The van der Waals surface area contributed by atoms with Crippen molar-refractivity contribution in [2.75, 3.05) is 13.7 Å². The van der Waals surface area contributed by atoms with Crippen molar-refractivity contribution in [3.8, 4) is 11.8 Å². The SMILES string of the molecule is COc1cnc(C(=O)N2CCc3c(c4ccc(Cl)c(Cl)c4n3CC#N)[C@@H]2C)nc1. The van der Waals surface area contributed by atoms with E-state index in [1.54, 1.807) is 11.0 Å². The first-order valence-electron chi connectivity index (χ1n) is 9.00. The van der Waals surface area contributed by atoms with Gasteiger partial charge >= 0.3 is 0 Å². The zero-order chi connectivity index (χ0) is 20.7. The van der Waals surface area contributed by atoms with E-state index in [0.29, 0.717) is 28.8 Å². The number of methoxy groups -OCH3 is 1. The lowest BCUT2D eigenvalue weighted by Crippen LogP contribution is -2.39. The first-order chi connectivity index (χ1) is 14.0. The predicted octanol–water partition coefficient (Wildman–Crippen LogP) is 4.03. The average molecular weight is 430 g/mol. The summed E-state index contributed by atoms with van der Waals surface area (Å²) in [6.45, 7) is 2.60. The van der Waals surface area contributed by atoms with E-state index in [-0.39, 0.29) is 24.3 Å². The predicted molar refractivity (Wildman–Crippen MR) is 109 cm³/mol. The second-order valence-corrected chi connectivity index (χ2v) is 7.52. The molecule has 7 nitrogen and oxygen atoms in total. The van der Waals surface area contributed by atoms with E-state index >= 15 is 0 Å². The summed E-state index contributed by atoms with van der Waals surface area (Å²) in [7, 11) is 1.52. The molecule has 3 aromatic rings. The second kappa shape index (κ2) is 7.54. The molecular formula is C20H17Cl2N5O2. The van der Waals surface area contributed by atoms with Gasteiger partial charge in [-0.15, -0.1) is 0 Å². The number of aromatic nitrogens is 3. The van der Waals surface area contributed by atoms with Gasteiger partial charge in [-0.05, 0) is 13.0 Å². The Balaban J connectivity index is 1.80. The molecule has 0 fully saturated rings. The Kier molecular flexibility index (Phi) is 5.07. The van der Waals surface area contributed by atoms with Gasteiger partial charge in [0.05, 0.1) is 47.2 Å². The zero-order valence-electron chi connectivity index (χ0n) is 15.8. The Labute approximate surface area is 177 Å². The lowest BCUT2D eigenvalue weighted by atomic mass is 9.96. The number of halogens is 2. The number of benzene rings is 1.